The SMILES string of the molecule is CC(C)(C)OC(=O)COC(COCCOP1COC(C)(C)OCC1N)COC(COC1CCOC(C)(C)OC1)COC1COC(C)(C)OCC1N. The van der Waals surface area contributed by atoms with Gasteiger partial charge in [0.15, 0.2) is 17.4 Å². The van der Waals surface area contributed by atoms with Crippen LogP contribution in [0.2, 0.25) is 0 Å². The molecule has 0 amide bonds. The van der Waals surface area contributed by atoms with Gasteiger partial charge in [-0.15, -0.1) is 0 Å². The van der Waals surface area contributed by atoms with E-state index < -0.39 is 61.4 Å². The van der Waals surface area contributed by atoms with Gasteiger partial charge in [0, 0.05) is 0 Å². The van der Waals surface area contributed by atoms with Gasteiger partial charge in [0.25, 0.3) is 0 Å². The normalized spacial score (nSPS) is 29.7. The highest BCUT2D eigenvalue weighted by molar-refractivity contribution is 7.53. The monoisotopic (exact) mass is 756 g/mol. The van der Waals surface area contributed by atoms with Crippen LogP contribution in [-0.2, 0) is 66.2 Å². The van der Waals surface area contributed by atoms with E-state index in [1.807, 2.05) is 41.5 Å². The summed E-state index contributed by atoms with van der Waals surface area (Å²) in [5.74, 6) is -2.94. The summed E-state index contributed by atoms with van der Waals surface area (Å²) < 4.78 is 76.9. The van der Waals surface area contributed by atoms with Gasteiger partial charge in [-0.1, -0.05) is 0 Å². The zero-order valence-electron chi connectivity index (χ0n) is 32.2. The van der Waals surface area contributed by atoms with Crippen molar-refractivity contribution < 1.29 is 66.2 Å². The fourth-order valence-corrected chi connectivity index (χ4v) is 6.31. The summed E-state index contributed by atoms with van der Waals surface area (Å²) in [6, 6.07) is -0.400. The second-order valence-electron chi connectivity index (χ2n) is 15.2. The van der Waals surface area contributed by atoms with Gasteiger partial charge in [-0.3, -0.25) is 0 Å². The minimum Gasteiger partial charge on any atom is -0.458 e. The quantitative estimate of drug-likeness (QED) is 0.118. The van der Waals surface area contributed by atoms with Crippen molar-refractivity contribution in [3.05, 3.63) is 0 Å². The first-order valence-corrected chi connectivity index (χ1v) is 19.3. The molecule has 0 saturated carbocycles. The van der Waals surface area contributed by atoms with Gasteiger partial charge in [0.2, 0.25) is 0 Å². The van der Waals surface area contributed by atoms with Crippen molar-refractivity contribution in [2.45, 2.75) is 128 Å². The molecule has 3 saturated heterocycles. The van der Waals surface area contributed by atoms with Gasteiger partial charge >= 0.3 is 5.97 Å². The maximum atomic E-state index is 12.5. The second-order valence-corrected chi connectivity index (χ2v) is 17.2. The topological polar surface area (TPSA) is 189 Å². The van der Waals surface area contributed by atoms with Gasteiger partial charge in [-0.2, -0.15) is 0 Å². The number of nitrogens with two attached hydrogens (primary N) is 2. The molecule has 0 aromatic rings. The lowest BCUT2D eigenvalue weighted by Crippen LogP contribution is -2.44. The Bertz CT molecular complexity index is 1020. The zero-order valence-corrected chi connectivity index (χ0v) is 33.1. The van der Waals surface area contributed by atoms with Gasteiger partial charge in [-0.05, 0) is 68.7 Å². The third-order valence-corrected chi connectivity index (χ3v) is 9.68. The predicted octanol–water partition coefficient (Wildman–Crippen LogP) is 2.61. The third kappa shape index (κ3) is 18.5. The molecule has 3 rings (SSSR count). The summed E-state index contributed by atoms with van der Waals surface area (Å²) in [5.41, 5.74) is 12.0. The van der Waals surface area contributed by atoms with Crippen LogP contribution < -0.4 is 11.5 Å². The van der Waals surface area contributed by atoms with Crippen molar-refractivity contribution in [1.82, 2.24) is 0 Å². The molecule has 3 heterocycles. The Morgan fingerprint density at radius 2 is 1.39 bits per heavy atom. The average Bonchev–Trinajstić information content (AvgIpc) is 3.35. The Morgan fingerprint density at radius 3 is 2.14 bits per heavy atom. The van der Waals surface area contributed by atoms with Crippen molar-refractivity contribution in [3.8, 4) is 0 Å². The van der Waals surface area contributed by atoms with E-state index >= 15 is 0 Å². The molecule has 0 aromatic carbocycles. The average molecular weight is 757 g/mol. The van der Waals surface area contributed by atoms with Crippen molar-refractivity contribution >= 4 is 14.1 Å². The molecule has 16 nitrogen and oxygen atoms in total. The van der Waals surface area contributed by atoms with Gasteiger partial charge in [-0.25, -0.2) is 4.79 Å². The standard InChI is InChI=1S/C34H65N2O14P/c1-31(2,3)50-30(37)22-41-25(14-38-12-13-49-51-23-48-34(8,9)47-21-29(51)36)15-40-26(16-39-24-10-11-43-32(4,5)44-18-24)17-42-28-20-46-33(6,7)45-19-27(28)35/h24-29H,10-23,35-36H2,1-9H3. The molecule has 0 bridgehead atoms. The van der Waals surface area contributed by atoms with Gasteiger partial charge in [0.1, 0.15) is 24.4 Å². The van der Waals surface area contributed by atoms with E-state index in [4.69, 9.17) is 72.8 Å². The molecule has 0 aromatic heterocycles. The van der Waals surface area contributed by atoms with Crippen LogP contribution in [0.15, 0.2) is 0 Å². The molecule has 3 fully saturated rings. The number of carbonyl (C=O) groups excluding carboxylic acids is 1. The summed E-state index contributed by atoms with van der Waals surface area (Å²) in [5, 5.41) is 0. The highest BCUT2D eigenvalue weighted by Crippen LogP contribution is 2.43. The highest BCUT2D eigenvalue weighted by atomic mass is 31.1. The Balaban J connectivity index is 1.59. The van der Waals surface area contributed by atoms with E-state index in [2.05, 4.69) is 0 Å². The van der Waals surface area contributed by atoms with Crippen LogP contribution in [0.1, 0.15) is 68.7 Å². The Labute approximate surface area is 305 Å². The first-order valence-electron chi connectivity index (χ1n) is 17.8. The predicted molar refractivity (Wildman–Crippen MR) is 187 cm³/mol. The number of ether oxygens (including phenoxy) is 12. The van der Waals surface area contributed by atoms with Crippen LogP contribution in [0.25, 0.3) is 0 Å². The van der Waals surface area contributed by atoms with Gasteiger partial charge in [0.05, 0.1) is 111 Å². The van der Waals surface area contributed by atoms with E-state index in [-0.39, 0.29) is 64.7 Å². The first kappa shape index (κ1) is 44.7. The van der Waals surface area contributed by atoms with E-state index in [0.717, 1.165) is 0 Å². The highest BCUT2D eigenvalue weighted by Gasteiger charge is 2.33. The largest absolute Gasteiger partial charge is 0.458 e. The minimum atomic E-state index is -1.07. The third-order valence-electron chi connectivity index (χ3n) is 7.89. The summed E-state index contributed by atoms with van der Waals surface area (Å²) in [4.78, 5) is 12.5. The lowest BCUT2D eigenvalue weighted by molar-refractivity contribution is -0.207. The minimum absolute atomic E-state index is 0.0690. The fraction of sp³-hybridized carbons (Fsp3) is 0.971. The van der Waals surface area contributed by atoms with E-state index in [1.165, 1.54) is 0 Å². The van der Waals surface area contributed by atoms with Crippen LogP contribution in [0.3, 0.4) is 0 Å². The van der Waals surface area contributed by atoms with E-state index in [9.17, 15) is 4.79 Å². The Kier molecular flexibility index (Phi) is 18.3. The van der Waals surface area contributed by atoms with Crippen molar-refractivity contribution in [1.29, 1.82) is 0 Å². The summed E-state index contributed by atoms with van der Waals surface area (Å²) in [7, 11) is -1.07. The van der Waals surface area contributed by atoms with Crippen molar-refractivity contribution in [2.75, 3.05) is 85.6 Å². The Morgan fingerprint density at radius 1 is 0.765 bits per heavy atom. The summed E-state index contributed by atoms with van der Waals surface area (Å²) in [6.45, 7) is 19.1. The smallest absolute Gasteiger partial charge is 0.332 e. The van der Waals surface area contributed by atoms with Crippen LogP contribution in [0, 0.1) is 0 Å². The molecule has 7 atom stereocenters. The molecule has 3 aliphatic rings. The van der Waals surface area contributed by atoms with Crippen LogP contribution in [0.4, 0.5) is 0 Å². The van der Waals surface area contributed by atoms with Crippen LogP contribution in [0.5, 0.6) is 0 Å². The maximum absolute atomic E-state index is 12.5. The molecule has 0 aliphatic carbocycles. The van der Waals surface area contributed by atoms with E-state index in [0.29, 0.717) is 39.2 Å². The number of hydrogen-bond donors (Lipinski definition) is 2. The number of esters is 1. The van der Waals surface area contributed by atoms with E-state index in [1.54, 1.807) is 20.8 Å². The fourth-order valence-electron chi connectivity index (χ4n) is 4.86. The molecule has 0 spiro atoms. The maximum Gasteiger partial charge on any atom is 0.332 e. The van der Waals surface area contributed by atoms with Crippen LogP contribution in [-0.4, -0.2) is 151 Å². The molecule has 51 heavy (non-hydrogen) atoms. The Hall–Kier alpha value is -0.660. The second kappa shape index (κ2) is 20.9. The molecular weight excluding hydrogens is 691 g/mol. The molecule has 300 valence electrons. The summed E-state index contributed by atoms with van der Waals surface area (Å²) >= 11 is 0. The molecule has 4 N–H and O–H groups in total. The molecule has 7 unspecified atom stereocenters. The number of hydrogen-bond acceptors (Lipinski definition) is 16. The first-order chi connectivity index (χ1) is 23.8. The van der Waals surface area contributed by atoms with Gasteiger partial charge < -0.3 is 72.8 Å². The van der Waals surface area contributed by atoms with Crippen molar-refractivity contribution in [3.63, 3.8) is 0 Å². The molecule has 17 heteroatoms. The molecule has 0 radical (unpaired) electrons. The lowest BCUT2D eigenvalue weighted by Gasteiger charge is -2.27. The number of rotatable bonds is 18. The van der Waals surface area contributed by atoms with Crippen molar-refractivity contribution in [2.24, 2.45) is 11.5 Å². The molecule has 3 aliphatic heterocycles. The zero-order chi connectivity index (χ0) is 37.7. The van der Waals surface area contributed by atoms with Crippen LogP contribution >= 0.6 is 8.15 Å². The summed E-state index contributed by atoms with van der Waals surface area (Å²) in [6.07, 6.45) is -0.770. The molecular formula is C34H65N2O14P. The number of carbonyl (C=O) groups is 1. The lowest BCUT2D eigenvalue weighted by atomic mass is 10.2.